The van der Waals surface area contributed by atoms with Crippen molar-refractivity contribution in [2.75, 3.05) is 13.7 Å². The molecule has 1 unspecified atom stereocenters. The first-order chi connectivity index (χ1) is 7.72. The fraction of sp³-hybridized carbons (Fsp3) is 0.538. The van der Waals surface area contributed by atoms with Gasteiger partial charge in [-0.05, 0) is 37.9 Å². The van der Waals surface area contributed by atoms with Gasteiger partial charge in [-0.15, -0.1) is 0 Å². The van der Waals surface area contributed by atoms with Gasteiger partial charge in [-0.2, -0.15) is 0 Å². The van der Waals surface area contributed by atoms with Gasteiger partial charge >= 0.3 is 0 Å². The van der Waals surface area contributed by atoms with Crippen LogP contribution in [0.15, 0.2) is 12.1 Å². The van der Waals surface area contributed by atoms with Crippen LogP contribution in [0.5, 0.6) is 5.75 Å². The molecule has 0 aliphatic carbocycles. The molecule has 1 fully saturated rings. The van der Waals surface area contributed by atoms with Crippen molar-refractivity contribution in [1.82, 2.24) is 5.32 Å². The quantitative estimate of drug-likeness (QED) is 0.832. The Hall–Kier alpha value is -1.09. The minimum atomic E-state index is -0.215. The van der Waals surface area contributed by atoms with Crippen LogP contribution in [0.4, 0.5) is 4.39 Å². The van der Waals surface area contributed by atoms with E-state index in [1.165, 1.54) is 13.5 Å². The van der Waals surface area contributed by atoms with E-state index < -0.39 is 0 Å². The summed E-state index contributed by atoms with van der Waals surface area (Å²) >= 11 is 0. The number of ether oxygens (including phenoxy) is 1. The van der Waals surface area contributed by atoms with Gasteiger partial charge in [0.05, 0.1) is 7.11 Å². The van der Waals surface area contributed by atoms with Gasteiger partial charge < -0.3 is 10.1 Å². The number of benzene rings is 1. The van der Waals surface area contributed by atoms with Crippen LogP contribution in [0, 0.1) is 12.7 Å². The predicted octanol–water partition coefficient (Wildman–Crippen LogP) is 2.96. The molecule has 2 nitrogen and oxygen atoms in total. The second-order valence-corrected chi connectivity index (χ2v) is 4.37. The Bertz CT molecular complexity index is 372. The van der Waals surface area contributed by atoms with E-state index in [2.05, 4.69) is 5.32 Å². The average molecular weight is 223 g/mol. The fourth-order valence-electron chi connectivity index (χ4n) is 2.28. The van der Waals surface area contributed by atoms with Crippen LogP contribution in [0.25, 0.3) is 0 Å². The third-order valence-corrected chi connectivity index (χ3v) is 3.12. The lowest BCUT2D eigenvalue weighted by Gasteiger charge is -2.25. The molecule has 1 aliphatic rings. The van der Waals surface area contributed by atoms with Crippen molar-refractivity contribution < 1.29 is 9.13 Å². The standard InChI is InChI=1S/C13H18FNO/c1-9-7-10(11-5-3-4-6-15-11)13(14)12(8-9)16-2/h7-8,11,15H,3-6H2,1-2H3. The number of piperidine rings is 1. The molecule has 0 spiro atoms. The summed E-state index contributed by atoms with van der Waals surface area (Å²) in [5, 5.41) is 3.36. The molecule has 0 radical (unpaired) electrons. The molecule has 1 N–H and O–H groups in total. The van der Waals surface area contributed by atoms with Gasteiger partial charge in [0.25, 0.3) is 0 Å². The average Bonchev–Trinajstić information content (AvgIpc) is 2.33. The molecule has 1 aromatic carbocycles. The molecular formula is C13H18FNO. The van der Waals surface area contributed by atoms with Gasteiger partial charge in [0.15, 0.2) is 11.6 Å². The zero-order chi connectivity index (χ0) is 11.5. The lowest BCUT2D eigenvalue weighted by molar-refractivity contribution is 0.365. The van der Waals surface area contributed by atoms with E-state index in [1.54, 1.807) is 6.07 Å². The summed E-state index contributed by atoms with van der Waals surface area (Å²) in [7, 11) is 1.51. The molecule has 88 valence electrons. The van der Waals surface area contributed by atoms with Crippen molar-refractivity contribution >= 4 is 0 Å². The smallest absolute Gasteiger partial charge is 0.169 e. The Morgan fingerprint density at radius 2 is 2.19 bits per heavy atom. The third kappa shape index (κ3) is 2.19. The molecule has 1 aliphatic heterocycles. The van der Waals surface area contributed by atoms with Gasteiger partial charge in [-0.25, -0.2) is 4.39 Å². The summed E-state index contributed by atoms with van der Waals surface area (Å²) in [6.07, 6.45) is 3.35. The number of halogens is 1. The highest BCUT2D eigenvalue weighted by atomic mass is 19.1. The highest BCUT2D eigenvalue weighted by molar-refractivity contribution is 5.37. The summed E-state index contributed by atoms with van der Waals surface area (Å²) < 4.78 is 19.1. The minimum absolute atomic E-state index is 0.141. The van der Waals surface area contributed by atoms with Crippen molar-refractivity contribution in [3.05, 3.63) is 29.1 Å². The number of nitrogens with one attached hydrogen (secondary N) is 1. The summed E-state index contributed by atoms with van der Waals surface area (Å²) in [5.41, 5.74) is 1.79. The van der Waals surface area contributed by atoms with E-state index in [1.807, 2.05) is 13.0 Å². The van der Waals surface area contributed by atoms with E-state index in [0.717, 1.165) is 30.5 Å². The monoisotopic (exact) mass is 223 g/mol. The highest BCUT2D eigenvalue weighted by Gasteiger charge is 2.20. The molecule has 16 heavy (non-hydrogen) atoms. The van der Waals surface area contributed by atoms with Crippen LogP contribution in [0.1, 0.15) is 36.4 Å². The Kier molecular flexibility index (Phi) is 3.44. The first-order valence-corrected chi connectivity index (χ1v) is 5.80. The largest absolute Gasteiger partial charge is 0.494 e. The Morgan fingerprint density at radius 3 is 2.81 bits per heavy atom. The van der Waals surface area contributed by atoms with Crippen LogP contribution in [-0.4, -0.2) is 13.7 Å². The maximum Gasteiger partial charge on any atom is 0.169 e. The van der Waals surface area contributed by atoms with Crippen molar-refractivity contribution in [3.63, 3.8) is 0 Å². The number of hydrogen-bond acceptors (Lipinski definition) is 2. The van der Waals surface area contributed by atoms with E-state index >= 15 is 0 Å². The normalized spacial score (nSPS) is 20.8. The van der Waals surface area contributed by atoms with E-state index in [-0.39, 0.29) is 11.9 Å². The minimum Gasteiger partial charge on any atom is -0.494 e. The lowest BCUT2D eigenvalue weighted by atomic mass is 9.95. The fourth-order valence-corrected chi connectivity index (χ4v) is 2.28. The van der Waals surface area contributed by atoms with Gasteiger partial charge in [0.2, 0.25) is 0 Å². The first kappa shape index (κ1) is 11.4. The Morgan fingerprint density at radius 1 is 1.38 bits per heavy atom. The van der Waals surface area contributed by atoms with E-state index in [0.29, 0.717) is 5.75 Å². The van der Waals surface area contributed by atoms with Crippen molar-refractivity contribution in [3.8, 4) is 5.75 Å². The third-order valence-electron chi connectivity index (χ3n) is 3.12. The molecule has 0 saturated carbocycles. The van der Waals surface area contributed by atoms with E-state index in [4.69, 9.17) is 4.74 Å². The second-order valence-electron chi connectivity index (χ2n) is 4.37. The lowest BCUT2D eigenvalue weighted by Crippen LogP contribution is -2.27. The maximum atomic E-state index is 14.1. The Balaban J connectivity index is 2.34. The van der Waals surface area contributed by atoms with Crippen LogP contribution >= 0.6 is 0 Å². The molecular weight excluding hydrogens is 205 g/mol. The molecule has 0 bridgehead atoms. The van der Waals surface area contributed by atoms with Crippen molar-refractivity contribution in [2.24, 2.45) is 0 Å². The summed E-state index contributed by atoms with van der Waals surface area (Å²) in [5.74, 6) is 0.134. The summed E-state index contributed by atoms with van der Waals surface area (Å²) in [4.78, 5) is 0. The van der Waals surface area contributed by atoms with Gasteiger partial charge in [-0.1, -0.05) is 12.5 Å². The van der Waals surface area contributed by atoms with Gasteiger partial charge in [-0.3, -0.25) is 0 Å². The maximum absolute atomic E-state index is 14.1. The number of aryl methyl sites for hydroxylation is 1. The predicted molar refractivity (Wildman–Crippen MR) is 62.3 cm³/mol. The second kappa shape index (κ2) is 4.83. The molecule has 1 atom stereocenters. The first-order valence-electron chi connectivity index (χ1n) is 5.80. The SMILES string of the molecule is COc1cc(C)cc(C2CCCCN2)c1F. The molecule has 2 rings (SSSR count). The van der Waals surface area contributed by atoms with Crippen LogP contribution < -0.4 is 10.1 Å². The van der Waals surface area contributed by atoms with Gasteiger partial charge in [0.1, 0.15) is 0 Å². The molecule has 1 heterocycles. The van der Waals surface area contributed by atoms with Gasteiger partial charge in [0, 0.05) is 11.6 Å². The van der Waals surface area contributed by atoms with Crippen LogP contribution in [-0.2, 0) is 0 Å². The molecule has 1 saturated heterocycles. The number of rotatable bonds is 2. The Labute approximate surface area is 95.8 Å². The van der Waals surface area contributed by atoms with Crippen LogP contribution in [0.3, 0.4) is 0 Å². The molecule has 0 amide bonds. The number of methoxy groups -OCH3 is 1. The number of hydrogen-bond donors (Lipinski definition) is 1. The molecule has 1 aromatic rings. The zero-order valence-corrected chi connectivity index (χ0v) is 9.85. The topological polar surface area (TPSA) is 21.3 Å². The highest BCUT2D eigenvalue weighted by Crippen LogP contribution is 2.30. The molecule has 3 heteroatoms. The van der Waals surface area contributed by atoms with Crippen molar-refractivity contribution in [1.29, 1.82) is 0 Å². The van der Waals surface area contributed by atoms with Crippen LogP contribution in [0.2, 0.25) is 0 Å². The molecule has 0 aromatic heterocycles. The summed E-state index contributed by atoms with van der Waals surface area (Å²) in [6, 6.07) is 3.80. The zero-order valence-electron chi connectivity index (χ0n) is 9.85. The van der Waals surface area contributed by atoms with Crippen molar-refractivity contribution in [2.45, 2.75) is 32.2 Å². The van der Waals surface area contributed by atoms with E-state index in [9.17, 15) is 4.39 Å². The summed E-state index contributed by atoms with van der Waals surface area (Å²) in [6.45, 7) is 2.94.